The Morgan fingerprint density at radius 3 is 1.68 bits per heavy atom. The molecular weight excluding hydrogens is 348 g/mol. The molecule has 0 fully saturated rings. The molecule has 5 nitrogen and oxygen atoms in total. The molecule has 0 radical (unpaired) electrons. The molecule has 0 aliphatic carbocycles. The van der Waals surface area contributed by atoms with E-state index in [0.29, 0.717) is 12.5 Å². The molecule has 152 valence electrons. The fourth-order valence-electron chi connectivity index (χ4n) is 3.21. The number of carbonyl (C=O) groups excluding carboxylic acids is 1. The summed E-state index contributed by atoms with van der Waals surface area (Å²) in [5, 5.41) is 0. The number of hydrogen-bond acceptors (Lipinski definition) is 3. The topological polar surface area (TPSA) is 84.7 Å². The van der Waals surface area contributed by atoms with Crippen molar-refractivity contribution < 1.29 is 4.79 Å². The van der Waals surface area contributed by atoms with Crippen LogP contribution >= 0.6 is 0 Å². The Labute approximate surface area is 169 Å². The second kappa shape index (κ2) is 11.2. The first kappa shape index (κ1) is 23.4. The zero-order chi connectivity index (χ0) is 21.2. The van der Waals surface area contributed by atoms with Crippen LogP contribution in [-0.2, 0) is 10.2 Å². The molecule has 28 heavy (non-hydrogen) atoms. The minimum Gasteiger partial charge on any atom is -0.370 e. The molecule has 2 aromatic rings. The van der Waals surface area contributed by atoms with Crippen LogP contribution in [0.1, 0.15) is 37.8 Å². The summed E-state index contributed by atoms with van der Waals surface area (Å²) in [4.78, 5) is 18.7. The minimum absolute atomic E-state index is 0.130. The molecule has 0 saturated carbocycles. The van der Waals surface area contributed by atoms with Crippen LogP contribution in [0.15, 0.2) is 65.7 Å². The molecule has 0 spiro atoms. The van der Waals surface area contributed by atoms with Crippen molar-refractivity contribution >= 4 is 11.7 Å². The number of carbonyl (C=O) groups is 1. The monoisotopic (exact) mass is 382 g/mol. The Morgan fingerprint density at radius 1 is 1.00 bits per heavy atom. The first-order chi connectivity index (χ1) is 13.3. The van der Waals surface area contributed by atoms with E-state index in [9.17, 15) is 4.79 Å². The van der Waals surface area contributed by atoms with E-state index in [1.54, 1.807) is 0 Å². The number of ketones is 1. The highest BCUT2D eigenvalue weighted by molar-refractivity contribution is 5.93. The predicted molar refractivity (Wildman–Crippen MR) is 118 cm³/mol. The molecule has 0 aromatic heterocycles. The van der Waals surface area contributed by atoms with Crippen LogP contribution in [-0.4, -0.2) is 43.8 Å². The lowest BCUT2D eigenvalue weighted by Crippen LogP contribution is -2.42. The summed E-state index contributed by atoms with van der Waals surface area (Å²) >= 11 is 0. The van der Waals surface area contributed by atoms with Crippen LogP contribution in [0.2, 0.25) is 0 Å². The van der Waals surface area contributed by atoms with Gasteiger partial charge in [-0.25, -0.2) is 0 Å². The predicted octanol–water partition coefficient (Wildman–Crippen LogP) is 3.18. The molecule has 1 unspecified atom stereocenters. The second-order valence-electron chi connectivity index (χ2n) is 7.08. The lowest BCUT2D eigenvalue weighted by Gasteiger charge is -2.37. The van der Waals surface area contributed by atoms with E-state index in [1.807, 2.05) is 43.3 Å². The maximum atomic E-state index is 13.2. The maximum Gasteiger partial charge on any atom is 0.185 e. The average Bonchev–Trinajstić information content (AvgIpc) is 2.72. The molecule has 4 N–H and O–H groups in total. The maximum absolute atomic E-state index is 13.2. The largest absolute Gasteiger partial charge is 0.370 e. The van der Waals surface area contributed by atoms with Crippen molar-refractivity contribution in [2.24, 2.45) is 16.5 Å². The SMILES string of the molecule is CCC(=O)C(CC(C)N(C)C)(c1ccccc1)c1ccccc1.CN=C(N)N. The summed E-state index contributed by atoms with van der Waals surface area (Å²) in [6, 6.07) is 20.7. The number of Topliss-reactive ketones (excluding diaryl/α,β-unsaturated/α-hetero) is 1. The van der Waals surface area contributed by atoms with Gasteiger partial charge in [0.2, 0.25) is 0 Å². The van der Waals surface area contributed by atoms with Crippen LogP contribution in [0.25, 0.3) is 0 Å². The normalized spacial score (nSPS) is 11.9. The van der Waals surface area contributed by atoms with Gasteiger partial charge in [-0.15, -0.1) is 0 Å². The van der Waals surface area contributed by atoms with E-state index in [2.05, 4.69) is 55.2 Å². The summed E-state index contributed by atoms with van der Waals surface area (Å²) < 4.78 is 0. The molecule has 0 aliphatic rings. The van der Waals surface area contributed by atoms with Gasteiger partial charge in [0, 0.05) is 19.5 Å². The second-order valence-corrected chi connectivity index (χ2v) is 7.08. The number of nitrogens with zero attached hydrogens (tertiary/aromatic N) is 2. The third-order valence-corrected chi connectivity index (χ3v) is 5.07. The van der Waals surface area contributed by atoms with Crippen LogP contribution in [0.5, 0.6) is 0 Å². The molecule has 0 bridgehead atoms. The third kappa shape index (κ3) is 5.92. The Bertz CT molecular complexity index is 698. The average molecular weight is 383 g/mol. The van der Waals surface area contributed by atoms with Crippen LogP contribution in [0.3, 0.4) is 0 Å². The lowest BCUT2D eigenvalue weighted by molar-refractivity contribution is -0.123. The van der Waals surface area contributed by atoms with E-state index in [-0.39, 0.29) is 11.7 Å². The van der Waals surface area contributed by atoms with Gasteiger partial charge in [0.05, 0.1) is 5.41 Å². The molecule has 2 rings (SSSR count). The van der Waals surface area contributed by atoms with E-state index in [1.165, 1.54) is 7.05 Å². The Balaban J connectivity index is 0.000000696. The van der Waals surface area contributed by atoms with Crippen molar-refractivity contribution in [3.05, 3.63) is 71.8 Å². The van der Waals surface area contributed by atoms with Crippen molar-refractivity contribution in [2.45, 2.75) is 38.1 Å². The number of nitrogens with two attached hydrogens (primary N) is 2. The quantitative estimate of drug-likeness (QED) is 0.569. The highest BCUT2D eigenvalue weighted by Crippen LogP contribution is 2.39. The van der Waals surface area contributed by atoms with Crippen molar-refractivity contribution in [3.8, 4) is 0 Å². The number of benzene rings is 2. The third-order valence-electron chi connectivity index (χ3n) is 5.07. The summed E-state index contributed by atoms with van der Waals surface area (Å²) in [6.07, 6.45) is 1.31. The molecule has 2 aromatic carbocycles. The zero-order valence-corrected chi connectivity index (χ0v) is 17.7. The first-order valence-corrected chi connectivity index (χ1v) is 9.58. The number of rotatable bonds is 7. The van der Waals surface area contributed by atoms with Crippen molar-refractivity contribution in [1.29, 1.82) is 0 Å². The summed E-state index contributed by atoms with van der Waals surface area (Å²) in [5.41, 5.74) is 11.2. The van der Waals surface area contributed by atoms with E-state index >= 15 is 0 Å². The van der Waals surface area contributed by atoms with Gasteiger partial charge in [-0.1, -0.05) is 67.6 Å². The van der Waals surface area contributed by atoms with Crippen LogP contribution in [0, 0.1) is 0 Å². The lowest BCUT2D eigenvalue weighted by atomic mass is 9.67. The van der Waals surface area contributed by atoms with Gasteiger partial charge in [-0.2, -0.15) is 0 Å². The Hall–Kier alpha value is -2.66. The fourth-order valence-corrected chi connectivity index (χ4v) is 3.21. The highest BCUT2D eigenvalue weighted by atomic mass is 16.1. The molecular formula is C23H34N4O. The smallest absolute Gasteiger partial charge is 0.185 e. The number of hydrogen-bond donors (Lipinski definition) is 2. The standard InChI is InChI=1S/C21H27NO.C2H7N3/c1-5-20(23)21(16-17(2)22(3)4,18-12-8-6-9-13-18)19-14-10-7-11-15-19;1-5-2(3)4/h6-15,17H,5,16H2,1-4H3;1H3,(H4,3,4,5). The van der Waals surface area contributed by atoms with Gasteiger partial charge in [0.15, 0.2) is 5.96 Å². The summed E-state index contributed by atoms with van der Waals surface area (Å²) in [6.45, 7) is 4.15. The summed E-state index contributed by atoms with van der Waals surface area (Å²) in [7, 11) is 5.68. The van der Waals surface area contributed by atoms with Gasteiger partial charge in [-0.05, 0) is 38.6 Å². The summed E-state index contributed by atoms with van der Waals surface area (Å²) in [5.74, 6) is 0.411. The van der Waals surface area contributed by atoms with E-state index in [4.69, 9.17) is 11.5 Å². The zero-order valence-electron chi connectivity index (χ0n) is 17.7. The Morgan fingerprint density at radius 2 is 1.39 bits per heavy atom. The number of guanidine groups is 1. The Kier molecular flexibility index (Phi) is 9.39. The van der Waals surface area contributed by atoms with Crippen molar-refractivity contribution in [2.75, 3.05) is 21.1 Å². The molecule has 0 saturated heterocycles. The van der Waals surface area contributed by atoms with Gasteiger partial charge < -0.3 is 16.4 Å². The fraction of sp³-hybridized carbons (Fsp3) is 0.391. The number of aliphatic imine (C=N–C) groups is 1. The van der Waals surface area contributed by atoms with Crippen LogP contribution < -0.4 is 11.5 Å². The highest BCUT2D eigenvalue weighted by Gasteiger charge is 2.41. The molecule has 1 atom stereocenters. The molecule has 0 aliphatic heterocycles. The van der Waals surface area contributed by atoms with E-state index < -0.39 is 5.41 Å². The van der Waals surface area contributed by atoms with Crippen LogP contribution in [0.4, 0.5) is 0 Å². The molecule has 0 amide bonds. The minimum atomic E-state index is -0.582. The van der Waals surface area contributed by atoms with Crippen molar-refractivity contribution in [3.63, 3.8) is 0 Å². The van der Waals surface area contributed by atoms with Gasteiger partial charge in [-0.3, -0.25) is 9.79 Å². The molecule has 5 heteroatoms. The van der Waals surface area contributed by atoms with Gasteiger partial charge in [0.25, 0.3) is 0 Å². The van der Waals surface area contributed by atoms with E-state index in [0.717, 1.165) is 17.5 Å². The van der Waals surface area contributed by atoms with Gasteiger partial charge in [0.1, 0.15) is 5.78 Å². The van der Waals surface area contributed by atoms with Crippen molar-refractivity contribution in [1.82, 2.24) is 4.90 Å². The molecule has 0 heterocycles. The van der Waals surface area contributed by atoms with Gasteiger partial charge >= 0.3 is 0 Å². The first-order valence-electron chi connectivity index (χ1n) is 9.58.